The molecule has 0 radical (unpaired) electrons. The van der Waals surface area contributed by atoms with E-state index in [9.17, 15) is 14.4 Å². The molecule has 0 saturated heterocycles. The summed E-state index contributed by atoms with van der Waals surface area (Å²) in [7, 11) is 0. The van der Waals surface area contributed by atoms with E-state index >= 15 is 0 Å². The zero-order chi connectivity index (χ0) is 19.9. The highest BCUT2D eigenvalue weighted by atomic mass is 16.5. The van der Waals surface area contributed by atoms with Crippen molar-refractivity contribution in [3.63, 3.8) is 0 Å². The molecule has 7 nitrogen and oxygen atoms in total. The summed E-state index contributed by atoms with van der Waals surface area (Å²) < 4.78 is 5.09. The standard InChI is InChI=1S/C20H28N2O5/c1-2-3-12-17(19(24)25)22-18(23)13-8-5-9-14-21-20(26)27-15-16-10-6-4-7-11-16/h2,4,6-7,10-11,17H,1,3,5,8-9,12-15H2,(H,21,26)(H,22,23)(H,24,25)/t17-/m1/s1. The van der Waals surface area contributed by atoms with Crippen LogP contribution in [0.2, 0.25) is 0 Å². The fourth-order valence-electron chi connectivity index (χ4n) is 2.36. The van der Waals surface area contributed by atoms with E-state index in [2.05, 4.69) is 17.2 Å². The molecule has 2 amide bonds. The summed E-state index contributed by atoms with van der Waals surface area (Å²) in [6.07, 6.45) is 4.37. The topological polar surface area (TPSA) is 105 Å². The number of rotatable bonds is 13. The highest BCUT2D eigenvalue weighted by Crippen LogP contribution is 2.03. The number of carbonyl (C=O) groups is 3. The Kier molecular flexibility index (Phi) is 11.0. The van der Waals surface area contributed by atoms with E-state index in [-0.39, 0.29) is 18.9 Å². The molecule has 7 heteroatoms. The smallest absolute Gasteiger partial charge is 0.407 e. The third-order valence-electron chi connectivity index (χ3n) is 3.86. The van der Waals surface area contributed by atoms with Crippen molar-refractivity contribution in [2.75, 3.05) is 6.54 Å². The SMILES string of the molecule is C=CCC[C@@H](NC(=O)CCCCCNC(=O)OCc1ccccc1)C(=O)O. The number of aliphatic carboxylic acids is 1. The zero-order valence-corrected chi connectivity index (χ0v) is 15.5. The predicted molar refractivity (Wildman–Crippen MR) is 102 cm³/mol. The first-order valence-corrected chi connectivity index (χ1v) is 9.10. The van der Waals surface area contributed by atoms with Crippen LogP contribution in [0.25, 0.3) is 0 Å². The third-order valence-corrected chi connectivity index (χ3v) is 3.86. The number of nitrogens with one attached hydrogen (secondary N) is 2. The average molecular weight is 376 g/mol. The van der Waals surface area contributed by atoms with Crippen molar-refractivity contribution in [3.8, 4) is 0 Å². The van der Waals surface area contributed by atoms with Gasteiger partial charge < -0.3 is 20.5 Å². The molecule has 1 rings (SSSR count). The number of carbonyl (C=O) groups excluding carboxylic acids is 2. The molecule has 27 heavy (non-hydrogen) atoms. The van der Waals surface area contributed by atoms with Gasteiger partial charge in [-0.25, -0.2) is 9.59 Å². The van der Waals surface area contributed by atoms with E-state index in [0.29, 0.717) is 32.2 Å². The number of benzene rings is 1. The number of carboxylic acid groups (broad SMARTS) is 1. The molecule has 0 aliphatic rings. The minimum Gasteiger partial charge on any atom is -0.480 e. The van der Waals surface area contributed by atoms with Crippen LogP contribution in [0.15, 0.2) is 43.0 Å². The van der Waals surface area contributed by atoms with E-state index in [4.69, 9.17) is 9.84 Å². The highest BCUT2D eigenvalue weighted by Gasteiger charge is 2.18. The Morgan fingerprint density at radius 1 is 1.15 bits per heavy atom. The first kappa shape index (κ1) is 22.2. The summed E-state index contributed by atoms with van der Waals surface area (Å²) in [6, 6.07) is 8.54. The number of amides is 2. The fourth-order valence-corrected chi connectivity index (χ4v) is 2.36. The first-order chi connectivity index (χ1) is 13.0. The molecule has 0 saturated carbocycles. The van der Waals surface area contributed by atoms with Gasteiger partial charge in [0.15, 0.2) is 0 Å². The number of unbranched alkanes of at least 4 members (excludes halogenated alkanes) is 2. The van der Waals surface area contributed by atoms with Crippen LogP contribution in [-0.2, 0) is 20.9 Å². The Hall–Kier alpha value is -2.83. The third kappa shape index (κ3) is 10.7. The summed E-state index contributed by atoms with van der Waals surface area (Å²) in [5, 5.41) is 14.2. The van der Waals surface area contributed by atoms with Crippen molar-refractivity contribution in [1.29, 1.82) is 0 Å². The van der Waals surface area contributed by atoms with Crippen LogP contribution >= 0.6 is 0 Å². The second-order valence-electron chi connectivity index (χ2n) is 6.12. The Morgan fingerprint density at radius 3 is 2.56 bits per heavy atom. The number of allylic oxidation sites excluding steroid dienone is 1. The monoisotopic (exact) mass is 376 g/mol. The number of alkyl carbamates (subject to hydrolysis) is 1. The van der Waals surface area contributed by atoms with Crippen molar-refractivity contribution in [3.05, 3.63) is 48.6 Å². The lowest BCUT2D eigenvalue weighted by atomic mass is 10.1. The van der Waals surface area contributed by atoms with Gasteiger partial charge >= 0.3 is 12.1 Å². The molecule has 0 unspecified atom stereocenters. The molecule has 148 valence electrons. The Balaban J connectivity index is 2.07. The van der Waals surface area contributed by atoms with Crippen LogP contribution in [0.1, 0.15) is 44.1 Å². The van der Waals surface area contributed by atoms with Gasteiger partial charge in [0.25, 0.3) is 0 Å². The summed E-state index contributed by atoms with van der Waals surface area (Å²) in [5.41, 5.74) is 0.923. The molecule has 0 aliphatic heterocycles. The Morgan fingerprint density at radius 2 is 1.89 bits per heavy atom. The highest BCUT2D eigenvalue weighted by molar-refractivity contribution is 5.83. The molecule has 0 heterocycles. The van der Waals surface area contributed by atoms with Gasteiger partial charge in [-0.05, 0) is 31.2 Å². The van der Waals surface area contributed by atoms with Gasteiger partial charge in [-0.2, -0.15) is 0 Å². The van der Waals surface area contributed by atoms with Crippen molar-refractivity contribution in [2.45, 2.75) is 51.2 Å². The second kappa shape index (κ2) is 13.4. The first-order valence-electron chi connectivity index (χ1n) is 9.10. The quantitative estimate of drug-likeness (QED) is 0.363. The maximum Gasteiger partial charge on any atom is 0.407 e. The number of ether oxygens (including phenoxy) is 1. The van der Waals surface area contributed by atoms with Crippen LogP contribution in [0.3, 0.4) is 0 Å². The molecular weight excluding hydrogens is 348 g/mol. The fraction of sp³-hybridized carbons (Fsp3) is 0.450. The van der Waals surface area contributed by atoms with Gasteiger partial charge in [0, 0.05) is 13.0 Å². The molecule has 1 atom stereocenters. The van der Waals surface area contributed by atoms with E-state index in [1.54, 1.807) is 6.08 Å². The van der Waals surface area contributed by atoms with Crippen LogP contribution in [0.5, 0.6) is 0 Å². The molecule has 0 aliphatic carbocycles. The molecule has 0 fully saturated rings. The minimum absolute atomic E-state index is 0.226. The van der Waals surface area contributed by atoms with Crippen molar-refractivity contribution in [2.24, 2.45) is 0 Å². The predicted octanol–water partition coefficient (Wildman–Crippen LogP) is 3.01. The van der Waals surface area contributed by atoms with Crippen molar-refractivity contribution >= 4 is 18.0 Å². The lowest BCUT2D eigenvalue weighted by Crippen LogP contribution is -2.40. The molecule has 3 N–H and O–H groups in total. The largest absolute Gasteiger partial charge is 0.480 e. The van der Waals surface area contributed by atoms with Crippen LogP contribution < -0.4 is 10.6 Å². The Labute approximate surface area is 159 Å². The lowest BCUT2D eigenvalue weighted by molar-refractivity contribution is -0.142. The number of hydrogen-bond donors (Lipinski definition) is 3. The van der Waals surface area contributed by atoms with E-state index in [1.807, 2.05) is 30.3 Å². The summed E-state index contributed by atoms with van der Waals surface area (Å²) in [5.74, 6) is -1.31. The van der Waals surface area contributed by atoms with Crippen LogP contribution in [-0.4, -0.2) is 35.7 Å². The molecule has 0 spiro atoms. The lowest BCUT2D eigenvalue weighted by Gasteiger charge is -2.13. The number of hydrogen-bond acceptors (Lipinski definition) is 4. The summed E-state index contributed by atoms with van der Waals surface area (Å²) >= 11 is 0. The average Bonchev–Trinajstić information content (AvgIpc) is 2.66. The Bertz CT molecular complexity index is 604. The van der Waals surface area contributed by atoms with Crippen molar-refractivity contribution in [1.82, 2.24) is 10.6 Å². The maximum atomic E-state index is 11.8. The van der Waals surface area contributed by atoms with Gasteiger partial charge in [-0.3, -0.25) is 4.79 Å². The van der Waals surface area contributed by atoms with Gasteiger partial charge in [0.1, 0.15) is 12.6 Å². The van der Waals surface area contributed by atoms with Gasteiger partial charge in [0.2, 0.25) is 5.91 Å². The molecule has 1 aromatic carbocycles. The van der Waals surface area contributed by atoms with Gasteiger partial charge in [0.05, 0.1) is 0 Å². The molecule has 0 aromatic heterocycles. The van der Waals surface area contributed by atoms with Crippen molar-refractivity contribution < 1.29 is 24.2 Å². The normalized spacial score (nSPS) is 11.3. The molecule has 1 aromatic rings. The molecule has 0 bridgehead atoms. The zero-order valence-electron chi connectivity index (χ0n) is 15.5. The van der Waals surface area contributed by atoms with Gasteiger partial charge in [-0.1, -0.05) is 42.8 Å². The van der Waals surface area contributed by atoms with E-state index in [1.165, 1.54) is 0 Å². The van der Waals surface area contributed by atoms with Crippen LogP contribution in [0, 0.1) is 0 Å². The van der Waals surface area contributed by atoms with E-state index in [0.717, 1.165) is 12.0 Å². The van der Waals surface area contributed by atoms with Gasteiger partial charge in [-0.15, -0.1) is 6.58 Å². The summed E-state index contributed by atoms with van der Waals surface area (Å²) in [4.78, 5) is 34.4. The number of carboxylic acids is 1. The maximum absolute atomic E-state index is 11.8. The summed E-state index contributed by atoms with van der Waals surface area (Å²) in [6.45, 7) is 4.23. The van der Waals surface area contributed by atoms with Crippen LogP contribution in [0.4, 0.5) is 4.79 Å². The molecular formula is C20H28N2O5. The minimum atomic E-state index is -1.04. The second-order valence-corrected chi connectivity index (χ2v) is 6.12. The van der Waals surface area contributed by atoms with E-state index < -0.39 is 18.1 Å².